The van der Waals surface area contributed by atoms with Gasteiger partial charge < -0.3 is 14.8 Å². The minimum absolute atomic E-state index is 0.172. The van der Waals surface area contributed by atoms with E-state index in [1.807, 2.05) is 38.1 Å². The van der Waals surface area contributed by atoms with Crippen LogP contribution in [0.2, 0.25) is 0 Å². The summed E-state index contributed by atoms with van der Waals surface area (Å²) >= 11 is 0. The predicted octanol–water partition coefficient (Wildman–Crippen LogP) is 2.17. The molecule has 0 spiro atoms. The number of carbonyl (C=O) groups excluding carboxylic acids is 1. The van der Waals surface area contributed by atoms with E-state index >= 15 is 0 Å². The smallest absolute Gasteiger partial charge is 0.251 e. The van der Waals surface area contributed by atoms with Gasteiger partial charge in [0, 0.05) is 11.1 Å². The number of carbonyl (C=O) groups is 1. The van der Waals surface area contributed by atoms with Gasteiger partial charge in [0.25, 0.3) is 5.91 Å². The highest BCUT2D eigenvalue weighted by atomic mass is 16.3. The van der Waals surface area contributed by atoms with Crippen LogP contribution in [0.5, 0.6) is 0 Å². The van der Waals surface area contributed by atoms with Gasteiger partial charge in [0.05, 0.1) is 6.54 Å². The maximum atomic E-state index is 12.2. The molecule has 0 aliphatic carbocycles. The molecule has 1 aromatic carbocycles. The van der Waals surface area contributed by atoms with Gasteiger partial charge in [-0.05, 0) is 43.7 Å². The highest BCUT2D eigenvalue weighted by molar-refractivity contribution is 5.95. The third-order valence-corrected chi connectivity index (χ3v) is 3.01. The Hall–Kier alpha value is -2.51. The quantitative estimate of drug-likeness (QED) is 0.849. The number of aryl methyl sites for hydroxylation is 2. The number of furan rings is 1. The van der Waals surface area contributed by atoms with Gasteiger partial charge >= 0.3 is 0 Å². The molecule has 0 aliphatic heterocycles. The minimum atomic E-state index is -0.201. The molecule has 2 rings (SSSR count). The van der Waals surface area contributed by atoms with Crippen LogP contribution in [0.3, 0.4) is 0 Å². The fourth-order valence-electron chi connectivity index (χ4n) is 1.93. The van der Waals surface area contributed by atoms with E-state index in [0.29, 0.717) is 17.7 Å². The molecule has 1 heterocycles. The van der Waals surface area contributed by atoms with Crippen molar-refractivity contribution >= 4 is 5.91 Å². The number of amides is 1. The van der Waals surface area contributed by atoms with Gasteiger partial charge in [-0.25, -0.2) is 0 Å². The Kier molecular flexibility index (Phi) is 4.81. The average Bonchev–Trinajstić information content (AvgIpc) is 2.89. The third-order valence-electron chi connectivity index (χ3n) is 3.01. The molecule has 0 atom stereocenters. The van der Waals surface area contributed by atoms with Crippen molar-refractivity contribution in [2.24, 2.45) is 0 Å². The van der Waals surface area contributed by atoms with Crippen LogP contribution in [0.25, 0.3) is 0 Å². The molecule has 0 saturated heterocycles. The summed E-state index contributed by atoms with van der Waals surface area (Å²) in [6.07, 6.45) is 0. The molecule has 0 unspecified atom stereocenters. The highest BCUT2D eigenvalue weighted by Gasteiger charge is 2.10. The Morgan fingerprint density at radius 3 is 2.76 bits per heavy atom. The van der Waals surface area contributed by atoms with E-state index in [4.69, 9.17) is 9.52 Å². The SMILES string of the molecule is Cc1ccc(CNC(=O)c2cc(C#CCO)ccc2C)o1. The molecule has 2 N–H and O–H groups in total. The Labute approximate surface area is 123 Å². The standard InChI is InChI=1S/C17H17NO3/c1-12-5-7-14(4-3-9-19)10-16(12)17(20)18-11-15-8-6-13(2)21-15/h5-8,10,19H,9,11H2,1-2H3,(H,18,20). The van der Waals surface area contributed by atoms with Crippen molar-refractivity contribution in [3.05, 3.63) is 58.5 Å². The molecule has 0 radical (unpaired) electrons. The van der Waals surface area contributed by atoms with Gasteiger partial charge in [-0.15, -0.1) is 0 Å². The second-order valence-corrected chi connectivity index (χ2v) is 4.68. The summed E-state index contributed by atoms with van der Waals surface area (Å²) in [5.74, 6) is 6.73. The summed E-state index contributed by atoms with van der Waals surface area (Å²) in [6, 6.07) is 9.09. The van der Waals surface area contributed by atoms with Crippen molar-refractivity contribution in [3.63, 3.8) is 0 Å². The monoisotopic (exact) mass is 283 g/mol. The fraction of sp³-hybridized carbons (Fsp3) is 0.235. The summed E-state index contributed by atoms with van der Waals surface area (Å²) in [6.45, 7) is 3.87. The molecular weight excluding hydrogens is 266 g/mol. The van der Waals surface area contributed by atoms with Crippen LogP contribution in [0.1, 0.15) is 33.0 Å². The van der Waals surface area contributed by atoms with E-state index in [9.17, 15) is 4.79 Å². The molecular formula is C17H17NO3. The van der Waals surface area contributed by atoms with Crippen LogP contribution in [0.4, 0.5) is 0 Å². The molecule has 0 fully saturated rings. The minimum Gasteiger partial charge on any atom is -0.465 e. The van der Waals surface area contributed by atoms with Crippen molar-refractivity contribution in [1.82, 2.24) is 5.32 Å². The van der Waals surface area contributed by atoms with E-state index in [1.54, 1.807) is 6.07 Å². The zero-order valence-electron chi connectivity index (χ0n) is 12.1. The van der Waals surface area contributed by atoms with Crippen molar-refractivity contribution in [2.75, 3.05) is 6.61 Å². The molecule has 0 saturated carbocycles. The van der Waals surface area contributed by atoms with Crippen molar-refractivity contribution < 1.29 is 14.3 Å². The topological polar surface area (TPSA) is 62.5 Å². The van der Waals surface area contributed by atoms with Crippen LogP contribution >= 0.6 is 0 Å². The molecule has 4 nitrogen and oxygen atoms in total. The van der Waals surface area contributed by atoms with Crippen molar-refractivity contribution in [1.29, 1.82) is 0 Å². The van der Waals surface area contributed by atoms with Crippen LogP contribution < -0.4 is 5.32 Å². The molecule has 2 aromatic rings. The van der Waals surface area contributed by atoms with E-state index < -0.39 is 0 Å². The summed E-state index contributed by atoms with van der Waals surface area (Å²) in [4.78, 5) is 12.2. The molecule has 21 heavy (non-hydrogen) atoms. The van der Waals surface area contributed by atoms with E-state index in [-0.39, 0.29) is 12.5 Å². The molecule has 0 aliphatic rings. The first kappa shape index (κ1) is 14.9. The zero-order chi connectivity index (χ0) is 15.2. The second-order valence-electron chi connectivity index (χ2n) is 4.68. The lowest BCUT2D eigenvalue weighted by molar-refractivity contribution is 0.0947. The van der Waals surface area contributed by atoms with Gasteiger partial charge in [0.1, 0.15) is 18.1 Å². The first-order valence-corrected chi connectivity index (χ1v) is 6.64. The highest BCUT2D eigenvalue weighted by Crippen LogP contribution is 2.12. The van der Waals surface area contributed by atoms with Crippen LogP contribution in [0.15, 0.2) is 34.7 Å². The van der Waals surface area contributed by atoms with Crippen LogP contribution in [-0.4, -0.2) is 17.6 Å². The lowest BCUT2D eigenvalue weighted by Crippen LogP contribution is -2.23. The molecule has 108 valence electrons. The summed E-state index contributed by atoms with van der Waals surface area (Å²) < 4.78 is 5.41. The van der Waals surface area contributed by atoms with Crippen molar-refractivity contribution in [2.45, 2.75) is 20.4 Å². The maximum Gasteiger partial charge on any atom is 0.251 e. The van der Waals surface area contributed by atoms with Gasteiger partial charge in [0.15, 0.2) is 0 Å². The largest absolute Gasteiger partial charge is 0.465 e. The van der Waals surface area contributed by atoms with E-state index in [1.165, 1.54) is 0 Å². The normalized spacial score (nSPS) is 9.86. The van der Waals surface area contributed by atoms with Gasteiger partial charge in [-0.1, -0.05) is 17.9 Å². The molecule has 0 bridgehead atoms. The van der Waals surface area contributed by atoms with E-state index in [0.717, 1.165) is 17.1 Å². The van der Waals surface area contributed by atoms with E-state index in [2.05, 4.69) is 17.2 Å². The second kappa shape index (κ2) is 6.78. The number of nitrogens with one attached hydrogen (secondary N) is 1. The Balaban J connectivity index is 2.10. The fourth-order valence-corrected chi connectivity index (χ4v) is 1.93. The van der Waals surface area contributed by atoms with Gasteiger partial charge in [0.2, 0.25) is 0 Å². The van der Waals surface area contributed by atoms with Crippen molar-refractivity contribution in [3.8, 4) is 11.8 Å². The number of aliphatic hydroxyl groups excluding tert-OH is 1. The molecule has 1 amide bonds. The Morgan fingerprint density at radius 2 is 2.10 bits per heavy atom. The van der Waals surface area contributed by atoms with Gasteiger partial charge in [-0.3, -0.25) is 4.79 Å². The third kappa shape index (κ3) is 3.98. The Morgan fingerprint density at radius 1 is 1.29 bits per heavy atom. The Bertz CT molecular complexity index is 704. The molecule has 1 aromatic heterocycles. The lowest BCUT2D eigenvalue weighted by Gasteiger charge is -2.07. The average molecular weight is 283 g/mol. The number of aliphatic hydroxyl groups is 1. The summed E-state index contributed by atoms with van der Waals surface area (Å²) in [7, 11) is 0. The summed E-state index contributed by atoms with van der Waals surface area (Å²) in [5, 5.41) is 11.5. The molecule has 4 heteroatoms. The van der Waals surface area contributed by atoms with Crippen LogP contribution in [0, 0.1) is 25.7 Å². The first-order valence-electron chi connectivity index (χ1n) is 6.64. The van der Waals surface area contributed by atoms with Crippen LogP contribution in [-0.2, 0) is 6.54 Å². The number of hydrogen-bond donors (Lipinski definition) is 2. The first-order chi connectivity index (χ1) is 10.1. The maximum absolute atomic E-state index is 12.2. The zero-order valence-corrected chi connectivity index (χ0v) is 12.1. The summed E-state index contributed by atoms with van der Waals surface area (Å²) in [5.41, 5.74) is 2.15. The van der Waals surface area contributed by atoms with Gasteiger partial charge in [-0.2, -0.15) is 0 Å². The number of hydrogen-bond acceptors (Lipinski definition) is 3. The lowest BCUT2D eigenvalue weighted by atomic mass is 10.0. The number of rotatable bonds is 3. The predicted molar refractivity (Wildman–Crippen MR) is 79.8 cm³/mol. The number of benzene rings is 1.